The van der Waals surface area contributed by atoms with Crippen LogP contribution in [-0.4, -0.2) is 129 Å². The third kappa shape index (κ3) is 6.26. The molecule has 8 N–H and O–H groups in total. The second-order valence-electron chi connectivity index (χ2n) is 6.31. The Morgan fingerprint density at radius 3 is 1.14 bits per heavy atom. The molecule has 0 unspecified atom stereocenters. The van der Waals surface area contributed by atoms with E-state index in [9.17, 15) is 30.6 Å². The summed E-state index contributed by atoms with van der Waals surface area (Å²) in [5.74, 6) is 0. The van der Waals surface area contributed by atoms with Crippen molar-refractivity contribution < 1.29 is 59.8 Å². The molecule has 2 aliphatic rings. The standard InChI is InChI=1S/2C8H16O6/c2*1-2-13-8-7(12)6(11)5(10)4(3-9)14-8/h2*4-12H,2-3H2,1H3/t2*4-,5-,6+,7-,8-/m11/s1. The Bertz CT molecular complexity index is 380. The zero-order valence-corrected chi connectivity index (χ0v) is 15.8. The van der Waals surface area contributed by atoms with Gasteiger partial charge in [0.05, 0.1) is 13.2 Å². The van der Waals surface area contributed by atoms with Crippen LogP contribution in [0.25, 0.3) is 0 Å². The number of aliphatic hydroxyl groups is 8. The molecule has 168 valence electrons. The highest BCUT2D eigenvalue weighted by Crippen LogP contribution is 2.22. The van der Waals surface area contributed by atoms with Gasteiger partial charge in [-0.3, -0.25) is 0 Å². The maximum atomic E-state index is 9.41. The monoisotopic (exact) mass is 416 g/mol. The third-order valence-corrected chi connectivity index (χ3v) is 4.36. The van der Waals surface area contributed by atoms with Crippen molar-refractivity contribution in [1.29, 1.82) is 0 Å². The lowest BCUT2D eigenvalue weighted by atomic mass is 9.99. The molecule has 0 spiro atoms. The van der Waals surface area contributed by atoms with Crippen molar-refractivity contribution >= 4 is 0 Å². The number of hydrogen-bond acceptors (Lipinski definition) is 12. The van der Waals surface area contributed by atoms with Crippen LogP contribution in [0.4, 0.5) is 0 Å². The van der Waals surface area contributed by atoms with Gasteiger partial charge in [-0.05, 0) is 13.8 Å². The Morgan fingerprint density at radius 1 is 0.571 bits per heavy atom. The van der Waals surface area contributed by atoms with E-state index in [-0.39, 0.29) is 0 Å². The van der Waals surface area contributed by atoms with Crippen LogP contribution >= 0.6 is 0 Å². The van der Waals surface area contributed by atoms with Gasteiger partial charge in [0.15, 0.2) is 12.6 Å². The van der Waals surface area contributed by atoms with Gasteiger partial charge in [-0.25, -0.2) is 0 Å². The fourth-order valence-electron chi connectivity index (χ4n) is 2.74. The van der Waals surface area contributed by atoms with Crippen molar-refractivity contribution in [3.05, 3.63) is 0 Å². The zero-order chi connectivity index (χ0) is 21.4. The average Bonchev–Trinajstić information content (AvgIpc) is 2.69. The lowest BCUT2D eigenvalue weighted by Gasteiger charge is -2.39. The lowest BCUT2D eigenvalue weighted by Crippen LogP contribution is -2.59. The van der Waals surface area contributed by atoms with Gasteiger partial charge < -0.3 is 59.8 Å². The molecular formula is C16H32O12. The molecule has 0 bridgehead atoms. The molecular weight excluding hydrogens is 384 g/mol. The molecule has 0 aromatic carbocycles. The molecule has 10 atom stereocenters. The van der Waals surface area contributed by atoms with Crippen LogP contribution in [0.15, 0.2) is 0 Å². The summed E-state index contributed by atoms with van der Waals surface area (Å²) in [6.45, 7) is 3.16. The van der Waals surface area contributed by atoms with Crippen molar-refractivity contribution in [3.63, 3.8) is 0 Å². The van der Waals surface area contributed by atoms with E-state index in [1.807, 2.05) is 0 Å². The van der Waals surface area contributed by atoms with Gasteiger partial charge in [-0.15, -0.1) is 0 Å². The lowest BCUT2D eigenvalue weighted by molar-refractivity contribution is -0.300. The first-order chi connectivity index (χ1) is 13.2. The second kappa shape index (κ2) is 12.3. The summed E-state index contributed by atoms with van der Waals surface area (Å²) in [6.07, 6.45) is -11.8. The molecule has 12 heteroatoms. The van der Waals surface area contributed by atoms with Gasteiger partial charge in [0.1, 0.15) is 48.8 Å². The molecule has 0 aromatic heterocycles. The molecule has 2 rings (SSSR count). The van der Waals surface area contributed by atoms with E-state index in [0.717, 1.165) is 0 Å². The molecule has 2 aliphatic heterocycles. The van der Waals surface area contributed by atoms with Crippen LogP contribution in [0.3, 0.4) is 0 Å². The molecule has 2 fully saturated rings. The Labute approximate surface area is 162 Å². The van der Waals surface area contributed by atoms with Gasteiger partial charge in [0.25, 0.3) is 0 Å². The summed E-state index contributed by atoms with van der Waals surface area (Å²) in [7, 11) is 0. The molecule has 0 amide bonds. The van der Waals surface area contributed by atoms with Gasteiger partial charge >= 0.3 is 0 Å². The van der Waals surface area contributed by atoms with E-state index in [1.165, 1.54) is 0 Å². The van der Waals surface area contributed by atoms with Gasteiger partial charge in [-0.2, -0.15) is 0 Å². The van der Waals surface area contributed by atoms with E-state index in [1.54, 1.807) is 13.8 Å². The fourth-order valence-corrected chi connectivity index (χ4v) is 2.74. The van der Waals surface area contributed by atoms with E-state index in [0.29, 0.717) is 13.2 Å². The first-order valence-electron chi connectivity index (χ1n) is 9.07. The molecule has 0 radical (unpaired) electrons. The summed E-state index contributed by atoms with van der Waals surface area (Å²) >= 11 is 0. The minimum absolute atomic E-state index is 0.308. The normalized spacial score (nSPS) is 43.9. The van der Waals surface area contributed by atoms with E-state index in [2.05, 4.69) is 0 Å². The van der Waals surface area contributed by atoms with Crippen molar-refractivity contribution in [1.82, 2.24) is 0 Å². The molecule has 2 heterocycles. The predicted molar refractivity (Wildman–Crippen MR) is 90.8 cm³/mol. The molecule has 28 heavy (non-hydrogen) atoms. The van der Waals surface area contributed by atoms with E-state index >= 15 is 0 Å². The number of hydrogen-bond donors (Lipinski definition) is 8. The fraction of sp³-hybridized carbons (Fsp3) is 1.00. The minimum Gasteiger partial charge on any atom is -0.394 e. The van der Waals surface area contributed by atoms with Crippen molar-refractivity contribution in [2.75, 3.05) is 26.4 Å². The second-order valence-corrected chi connectivity index (χ2v) is 6.31. The summed E-state index contributed by atoms with van der Waals surface area (Å²) in [5, 5.41) is 73.9. The number of ether oxygens (including phenoxy) is 4. The predicted octanol–water partition coefficient (Wildman–Crippen LogP) is -4.35. The summed E-state index contributed by atoms with van der Waals surface area (Å²) in [5.41, 5.74) is 0. The van der Waals surface area contributed by atoms with Crippen LogP contribution in [0.1, 0.15) is 13.8 Å². The van der Waals surface area contributed by atoms with Crippen molar-refractivity contribution in [3.8, 4) is 0 Å². The summed E-state index contributed by atoms with van der Waals surface area (Å²) < 4.78 is 20.1. The first-order valence-corrected chi connectivity index (χ1v) is 9.07. The molecule has 0 aliphatic carbocycles. The topological polar surface area (TPSA) is 199 Å². The Balaban J connectivity index is 0.000000280. The Kier molecular flexibility index (Phi) is 11.2. The quantitative estimate of drug-likeness (QED) is 0.207. The maximum absolute atomic E-state index is 9.41. The van der Waals surface area contributed by atoms with Crippen LogP contribution in [-0.2, 0) is 18.9 Å². The largest absolute Gasteiger partial charge is 0.394 e. The van der Waals surface area contributed by atoms with E-state index in [4.69, 9.17) is 29.2 Å². The van der Waals surface area contributed by atoms with Crippen LogP contribution < -0.4 is 0 Å². The Morgan fingerprint density at radius 2 is 0.893 bits per heavy atom. The molecule has 0 aromatic rings. The van der Waals surface area contributed by atoms with Crippen molar-refractivity contribution in [2.24, 2.45) is 0 Å². The summed E-state index contributed by atoms with van der Waals surface area (Å²) in [6, 6.07) is 0. The molecule has 0 saturated carbocycles. The highest BCUT2D eigenvalue weighted by atomic mass is 16.7. The van der Waals surface area contributed by atoms with Crippen molar-refractivity contribution in [2.45, 2.75) is 75.3 Å². The van der Waals surface area contributed by atoms with Gasteiger partial charge in [0, 0.05) is 13.2 Å². The zero-order valence-electron chi connectivity index (χ0n) is 15.8. The minimum atomic E-state index is -1.36. The van der Waals surface area contributed by atoms with Crippen LogP contribution in [0.2, 0.25) is 0 Å². The van der Waals surface area contributed by atoms with Crippen LogP contribution in [0, 0.1) is 0 Å². The number of aliphatic hydroxyl groups excluding tert-OH is 8. The molecule has 12 nitrogen and oxygen atoms in total. The Hall–Kier alpha value is -0.480. The summed E-state index contributed by atoms with van der Waals surface area (Å²) in [4.78, 5) is 0. The first kappa shape index (κ1) is 25.6. The van der Waals surface area contributed by atoms with E-state index < -0.39 is 74.6 Å². The third-order valence-electron chi connectivity index (χ3n) is 4.36. The van der Waals surface area contributed by atoms with Gasteiger partial charge in [-0.1, -0.05) is 0 Å². The number of rotatable bonds is 6. The SMILES string of the molecule is CCO[C@@H]1O[C@H](CO)[C@@H](O)[C@H](O)[C@H]1O.CCO[C@@H]1O[C@H](CO)[C@@H](O)[C@H](O)[C@H]1O. The molecule has 2 saturated heterocycles. The van der Waals surface area contributed by atoms with Gasteiger partial charge in [0.2, 0.25) is 0 Å². The smallest absolute Gasteiger partial charge is 0.186 e. The highest BCUT2D eigenvalue weighted by Gasteiger charge is 2.44. The van der Waals surface area contributed by atoms with Crippen LogP contribution in [0.5, 0.6) is 0 Å². The highest BCUT2D eigenvalue weighted by molar-refractivity contribution is 4.89. The average molecular weight is 416 g/mol. The maximum Gasteiger partial charge on any atom is 0.186 e.